The summed E-state index contributed by atoms with van der Waals surface area (Å²) in [5.41, 5.74) is 0.993. The van der Waals surface area contributed by atoms with Gasteiger partial charge in [-0.05, 0) is 6.42 Å². The third kappa shape index (κ3) is 6.63. The zero-order chi connectivity index (χ0) is 7.82. The molecular formula is C7H14N3Y-. The minimum absolute atomic E-state index is 0. The second-order valence-corrected chi connectivity index (χ2v) is 1.68. The molecule has 1 heterocycles. The first-order chi connectivity index (χ1) is 4.93. The Morgan fingerprint density at radius 3 is 2.45 bits per heavy atom. The van der Waals surface area contributed by atoms with E-state index in [2.05, 4.69) is 22.3 Å². The Morgan fingerprint density at radius 1 is 1.45 bits per heavy atom. The standard InChI is InChI=1S/C5H8N3.C2H6.Y/c1-2-3-5-4-6-8-7-5;1-2;/h4H,2-3H2,1H3;1-2H3;/q-1;;. The molecular weight excluding hydrogens is 215 g/mol. The van der Waals surface area contributed by atoms with Crippen molar-refractivity contribution in [3.05, 3.63) is 11.9 Å². The van der Waals surface area contributed by atoms with Gasteiger partial charge in [0, 0.05) is 32.7 Å². The van der Waals surface area contributed by atoms with Gasteiger partial charge in [-0.3, -0.25) is 5.21 Å². The molecule has 0 aliphatic heterocycles. The van der Waals surface area contributed by atoms with Gasteiger partial charge in [0.05, 0.1) is 0 Å². The molecule has 11 heavy (non-hydrogen) atoms. The predicted molar refractivity (Wildman–Crippen MR) is 40.7 cm³/mol. The van der Waals surface area contributed by atoms with Crippen LogP contribution in [-0.2, 0) is 39.1 Å². The second-order valence-electron chi connectivity index (χ2n) is 1.68. The third-order valence-corrected chi connectivity index (χ3v) is 0.938. The van der Waals surface area contributed by atoms with Crippen LogP contribution < -0.4 is 5.10 Å². The molecule has 61 valence electrons. The predicted octanol–water partition coefficient (Wildman–Crippen LogP) is 1.41. The molecule has 1 radical (unpaired) electrons. The van der Waals surface area contributed by atoms with Crippen LogP contribution in [0.4, 0.5) is 0 Å². The van der Waals surface area contributed by atoms with E-state index < -0.39 is 0 Å². The minimum Gasteiger partial charge on any atom is -0.358 e. The van der Waals surface area contributed by atoms with Gasteiger partial charge in [-0.1, -0.05) is 39.1 Å². The summed E-state index contributed by atoms with van der Waals surface area (Å²) in [7, 11) is 0. The smallest absolute Gasteiger partial charge is 0 e. The van der Waals surface area contributed by atoms with Crippen LogP contribution >= 0.6 is 0 Å². The molecule has 0 amide bonds. The fourth-order valence-corrected chi connectivity index (χ4v) is 0.572. The molecule has 0 fully saturated rings. The van der Waals surface area contributed by atoms with Crippen LogP contribution in [-0.4, -0.2) is 10.3 Å². The zero-order valence-electron chi connectivity index (χ0n) is 7.41. The fourth-order valence-electron chi connectivity index (χ4n) is 0.572. The molecule has 4 heteroatoms. The average molecular weight is 229 g/mol. The van der Waals surface area contributed by atoms with Crippen molar-refractivity contribution in [2.45, 2.75) is 33.6 Å². The summed E-state index contributed by atoms with van der Waals surface area (Å²) in [6, 6.07) is 0. The van der Waals surface area contributed by atoms with E-state index in [1.807, 2.05) is 13.8 Å². The molecule has 0 unspecified atom stereocenters. The van der Waals surface area contributed by atoms with Crippen LogP contribution in [0.25, 0.3) is 0 Å². The summed E-state index contributed by atoms with van der Waals surface area (Å²) in [5, 5.41) is 10.8. The number of hydrogen-bond acceptors (Lipinski definition) is 2. The largest absolute Gasteiger partial charge is 0.358 e. The van der Waals surface area contributed by atoms with Crippen LogP contribution in [0.5, 0.6) is 0 Å². The molecule has 1 rings (SSSR count). The van der Waals surface area contributed by atoms with Crippen molar-refractivity contribution in [2.24, 2.45) is 0 Å². The van der Waals surface area contributed by atoms with Crippen molar-refractivity contribution in [3.8, 4) is 0 Å². The Bertz CT molecular complexity index is 139. The first-order valence-corrected chi connectivity index (χ1v) is 3.73. The van der Waals surface area contributed by atoms with Gasteiger partial charge in [-0.2, -0.15) is 0 Å². The Balaban J connectivity index is 0. The normalized spacial score (nSPS) is 7.55. The van der Waals surface area contributed by atoms with Gasteiger partial charge >= 0.3 is 0 Å². The van der Waals surface area contributed by atoms with E-state index in [0.717, 1.165) is 18.5 Å². The molecule has 1 aromatic heterocycles. The summed E-state index contributed by atoms with van der Waals surface area (Å²) in [6.07, 6.45) is 3.80. The van der Waals surface area contributed by atoms with Crippen molar-refractivity contribution in [1.29, 1.82) is 0 Å². The van der Waals surface area contributed by atoms with Gasteiger partial charge in [0.2, 0.25) is 0 Å². The van der Waals surface area contributed by atoms with E-state index in [4.69, 9.17) is 0 Å². The van der Waals surface area contributed by atoms with Crippen molar-refractivity contribution >= 4 is 0 Å². The molecule has 0 aliphatic carbocycles. The quantitative estimate of drug-likeness (QED) is 0.769. The van der Waals surface area contributed by atoms with Crippen LogP contribution in [0, 0.1) is 0 Å². The van der Waals surface area contributed by atoms with Gasteiger partial charge in [0.15, 0.2) is 0 Å². The van der Waals surface area contributed by atoms with E-state index in [1.165, 1.54) is 0 Å². The molecule has 0 aliphatic rings. The molecule has 0 saturated carbocycles. The van der Waals surface area contributed by atoms with Crippen LogP contribution in [0.15, 0.2) is 6.20 Å². The monoisotopic (exact) mass is 229 g/mol. The molecule has 0 saturated heterocycles. The second kappa shape index (κ2) is 10.2. The molecule has 3 nitrogen and oxygen atoms in total. The van der Waals surface area contributed by atoms with Crippen molar-refractivity contribution in [2.75, 3.05) is 0 Å². The van der Waals surface area contributed by atoms with Gasteiger partial charge in [-0.25, -0.2) is 0 Å². The average Bonchev–Trinajstić information content (AvgIpc) is 2.46. The first-order valence-electron chi connectivity index (χ1n) is 3.73. The summed E-state index contributed by atoms with van der Waals surface area (Å²) in [4.78, 5) is 0. The SMILES string of the molecule is CC.CCCc1c[n-]nn1.[Y]. The number of hydrogen-bond donors (Lipinski definition) is 0. The van der Waals surface area contributed by atoms with E-state index in [-0.39, 0.29) is 32.7 Å². The van der Waals surface area contributed by atoms with Gasteiger partial charge in [0.1, 0.15) is 0 Å². The van der Waals surface area contributed by atoms with Crippen LogP contribution in [0.3, 0.4) is 0 Å². The van der Waals surface area contributed by atoms with E-state index in [1.54, 1.807) is 6.20 Å². The molecule has 0 atom stereocenters. The van der Waals surface area contributed by atoms with Crippen LogP contribution in [0.1, 0.15) is 32.9 Å². The van der Waals surface area contributed by atoms with Gasteiger partial charge < -0.3 is 10.2 Å². The van der Waals surface area contributed by atoms with Crippen LogP contribution in [0.2, 0.25) is 0 Å². The fraction of sp³-hybridized carbons (Fsp3) is 0.714. The number of nitrogens with zero attached hydrogens (tertiary/aromatic N) is 3. The van der Waals surface area contributed by atoms with Gasteiger partial charge in [-0.15, -0.1) is 0 Å². The summed E-state index contributed by atoms with van der Waals surface area (Å²) in [5.74, 6) is 0. The molecule has 1 aromatic rings. The Labute approximate surface area is 93.2 Å². The van der Waals surface area contributed by atoms with E-state index >= 15 is 0 Å². The van der Waals surface area contributed by atoms with Crippen molar-refractivity contribution in [3.63, 3.8) is 0 Å². The van der Waals surface area contributed by atoms with E-state index in [9.17, 15) is 0 Å². The number of aromatic nitrogens is 3. The Morgan fingerprint density at radius 2 is 2.09 bits per heavy atom. The number of rotatable bonds is 2. The molecule has 0 N–H and O–H groups in total. The first kappa shape index (κ1) is 13.8. The molecule has 0 aromatic carbocycles. The van der Waals surface area contributed by atoms with Crippen molar-refractivity contribution < 1.29 is 32.7 Å². The maximum absolute atomic E-state index is 3.74. The topological polar surface area (TPSA) is 39.9 Å². The Kier molecular flexibility index (Phi) is 12.9. The Hall–Kier alpha value is 0.244. The summed E-state index contributed by atoms with van der Waals surface area (Å²) in [6.45, 7) is 6.11. The zero-order valence-corrected chi connectivity index (χ0v) is 10.2. The maximum Gasteiger partial charge on any atom is 0 e. The third-order valence-electron chi connectivity index (χ3n) is 0.938. The summed E-state index contributed by atoms with van der Waals surface area (Å²) >= 11 is 0. The van der Waals surface area contributed by atoms with Gasteiger partial charge in [0.25, 0.3) is 0 Å². The van der Waals surface area contributed by atoms with Crippen molar-refractivity contribution in [1.82, 2.24) is 15.4 Å². The molecule has 0 spiro atoms. The minimum atomic E-state index is 0. The molecule has 0 bridgehead atoms. The maximum atomic E-state index is 3.74. The van der Waals surface area contributed by atoms with E-state index in [0.29, 0.717) is 0 Å². The number of aryl methyl sites for hydroxylation is 1. The summed E-state index contributed by atoms with van der Waals surface area (Å²) < 4.78 is 0.